The Labute approximate surface area is 80.2 Å². The first-order valence-corrected chi connectivity index (χ1v) is 4.62. The molecule has 0 saturated heterocycles. The van der Waals surface area contributed by atoms with Gasteiger partial charge in [0.2, 0.25) is 0 Å². The van der Waals surface area contributed by atoms with Crippen LogP contribution in [0.15, 0.2) is 11.6 Å². The molecule has 1 N–H and O–H groups in total. The summed E-state index contributed by atoms with van der Waals surface area (Å²) in [6, 6.07) is 0.437. The Hall–Kier alpha value is -0.830. The van der Waals surface area contributed by atoms with Crippen LogP contribution in [-0.2, 0) is 9.53 Å². The molecule has 0 heterocycles. The lowest BCUT2D eigenvalue weighted by Crippen LogP contribution is -2.23. The standard InChI is InChI=1S/C10H19NO2/c1-5-9(10(12)13-4)6-7-11-8(2)3/h6,8,11H,5,7H2,1-4H3. The van der Waals surface area contributed by atoms with E-state index in [4.69, 9.17) is 0 Å². The van der Waals surface area contributed by atoms with Crippen molar-refractivity contribution in [1.29, 1.82) is 0 Å². The molecule has 3 nitrogen and oxygen atoms in total. The fraction of sp³-hybridized carbons (Fsp3) is 0.700. The van der Waals surface area contributed by atoms with E-state index in [1.807, 2.05) is 13.0 Å². The number of ether oxygens (including phenoxy) is 1. The molecule has 0 aromatic rings. The van der Waals surface area contributed by atoms with Crippen molar-refractivity contribution in [2.24, 2.45) is 0 Å². The van der Waals surface area contributed by atoms with Gasteiger partial charge in [0.15, 0.2) is 0 Å². The summed E-state index contributed by atoms with van der Waals surface area (Å²) < 4.78 is 4.63. The monoisotopic (exact) mass is 185 g/mol. The Morgan fingerprint density at radius 1 is 1.54 bits per heavy atom. The molecule has 0 fully saturated rings. The molecule has 0 aliphatic rings. The molecule has 76 valence electrons. The normalized spacial score (nSPS) is 11.9. The van der Waals surface area contributed by atoms with Crippen LogP contribution in [0.25, 0.3) is 0 Å². The molecule has 0 spiro atoms. The average molecular weight is 185 g/mol. The van der Waals surface area contributed by atoms with Crippen LogP contribution in [0.4, 0.5) is 0 Å². The molecule has 0 unspecified atom stereocenters. The van der Waals surface area contributed by atoms with E-state index in [1.54, 1.807) is 0 Å². The molecular formula is C10H19NO2. The Morgan fingerprint density at radius 3 is 2.54 bits per heavy atom. The van der Waals surface area contributed by atoms with Crippen molar-refractivity contribution in [3.8, 4) is 0 Å². The van der Waals surface area contributed by atoms with Crippen LogP contribution in [0.1, 0.15) is 27.2 Å². The lowest BCUT2D eigenvalue weighted by molar-refractivity contribution is -0.136. The third-order valence-electron chi connectivity index (χ3n) is 1.70. The van der Waals surface area contributed by atoms with Gasteiger partial charge in [0.25, 0.3) is 0 Å². The summed E-state index contributed by atoms with van der Waals surface area (Å²) in [5, 5.41) is 3.21. The summed E-state index contributed by atoms with van der Waals surface area (Å²) in [6.45, 7) is 6.79. The molecule has 0 aromatic carbocycles. The fourth-order valence-electron chi connectivity index (χ4n) is 0.921. The van der Waals surface area contributed by atoms with Gasteiger partial charge in [-0.2, -0.15) is 0 Å². The van der Waals surface area contributed by atoms with Gasteiger partial charge in [0.05, 0.1) is 7.11 Å². The molecule has 0 aromatic heterocycles. The SMILES string of the molecule is CCC(=CCNC(C)C)C(=O)OC. The molecular weight excluding hydrogens is 166 g/mol. The Morgan fingerprint density at radius 2 is 2.15 bits per heavy atom. The van der Waals surface area contributed by atoms with Gasteiger partial charge in [0.1, 0.15) is 0 Å². The summed E-state index contributed by atoms with van der Waals surface area (Å²) in [5.74, 6) is -0.229. The number of carbonyl (C=O) groups is 1. The van der Waals surface area contributed by atoms with E-state index in [-0.39, 0.29) is 5.97 Å². The molecule has 0 radical (unpaired) electrons. The van der Waals surface area contributed by atoms with Crippen molar-refractivity contribution < 1.29 is 9.53 Å². The molecule has 0 aliphatic carbocycles. The van der Waals surface area contributed by atoms with Gasteiger partial charge in [-0.15, -0.1) is 0 Å². The molecule has 3 heteroatoms. The topological polar surface area (TPSA) is 38.3 Å². The molecule has 0 bridgehead atoms. The van der Waals surface area contributed by atoms with Crippen molar-refractivity contribution in [3.05, 3.63) is 11.6 Å². The lowest BCUT2D eigenvalue weighted by atomic mass is 10.2. The van der Waals surface area contributed by atoms with Crippen molar-refractivity contribution in [1.82, 2.24) is 5.32 Å². The van der Waals surface area contributed by atoms with Crippen molar-refractivity contribution in [2.45, 2.75) is 33.2 Å². The first-order chi connectivity index (χ1) is 6.11. The molecule has 13 heavy (non-hydrogen) atoms. The van der Waals surface area contributed by atoms with E-state index in [9.17, 15) is 4.79 Å². The van der Waals surface area contributed by atoms with Gasteiger partial charge in [-0.1, -0.05) is 26.8 Å². The third-order valence-corrected chi connectivity index (χ3v) is 1.70. The number of rotatable bonds is 5. The summed E-state index contributed by atoms with van der Waals surface area (Å²) in [4.78, 5) is 11.1. The number of esters is 1. The Kier molecular flexibility index (Phi) is 6.24. The van der Waals surface area contributed by atoms with E-state index < -0.39 is 0 Å². The highest BCUT2D eigenvalue weighted by atomic mass is 16.5. The van der Waals surface area contributed by atoms with E-state index >= 15 is 0 Å². The van der Waals surface area contributed by atoms with Crippen LogP contribution < -0.4 is 5.32 Å². The second-order valence-electron chi connectivity index (χ2n) is 3.14. The van der Waals surface area contributed by atoms with Crippen LogP contribution in [0.5, 0.6) is 0 Å². The zero-order valence-corrected chi connectivity index (χ0v) is 8.89. The van der Waals surface area contributed by atoms with Gasteiger partial charge < -0.3 is 10.1 Å². The maximum atomic E-state index is 11.1. The smallest absolute Gasteiger partial charge is 0.333 e. The number of nitrogens with one attached hydrogen (secondary N) is 1. The van der Waals surface area contributed by atoms with Crippen LogP contribution in [0.2, 0.25) is 0 Å². The largest absolute Gasteiger partial charge is 0.466 e. The fourth-order valence-corrected chi connectivity index (χ4v) is 0.921. The summed E-state index contributed by atoms with van der Waals surface area (Å²) in [6.07, 6.45) is 2.60. The van der Waals surface area contributed by atoms with Crippen molar-refractivity contribution >= 4 is 5.97 Å². The molecule has 0 saturated carbocycles. The minimum atomic E-state index is -0.229. The van der Waals surface area contributed by atoms with Crippen LogP contribution in [-0.4, -0.2) is 25.7 Å². The Balaban J connectivity index is 4.00. The van der Waals surface area contributed by atoms with Crippen LogP contribution >= 0.6 is 0 Å². The van der Waals surface area contributed by atoms with Gasteiger partial charge in [0, 0.05) is 18.2 Å². The predicted molar refractivity (Wildman–Crippen MR) is 53.5 cm³/mol. The van der Waals surface area contributed by atoms with E-state index in [0.29, 0.717) is 12.5 Å². The zero-order valence-electron chi connectivity index (χ0n) is 8.89. The number of carbonyl (C=O) groups excluding carboxylic acids is 1. The maximum absolute atomic E-state index is 11.1. The summed E-state index contributed by atoms with van der Waals surface area (Å²) >= 11 is 0. The zero-order chi connectivity index (χ0) is 10.3. The number of hydrogen-bond donors (Lipinski definition) is 1. The van der Waals surface area contributed by atoms with Gasteiger partial charge >= 0.3 is 5.97 Å². The second-order valence-corrected chi connectivity index (χ2v) is 3.14. The van der Waals surface area contributed by atoms with E-state index in [2.05, 4.69) is 23.9 Å². The minimum Gasteiger partial charge on any atom is -0.466 e. The average Bonchev–Trinajstić information content (AvgIpc) is 2.11. The second kappa shape index (κ2) is 6.66. The highest BCUT2D eigenvalue weighted by Crippen LogP contribution is 2.01. The van der Waals surface area contributed by atoms with Gasteiger partial charge in [-0.05, 0) is 6.42 Å². The molecule has 0 rings (SSSR count). The van der Waals surface area contributed by atoms with Gasteiger partial charge in [-0.3, -0.25) is 0 Å². The minimum absolute atomic E-state index is 0.229. The van der Waals surface area contributed by atoms with E-state index in [1.165, 1.54) is 7.11 Å². The Bertz CT molecular complexity index is 185. The number of methoxy groups -OCH3 is 1. The third kappa shape index (κ3) is 5.42. The highest BCUT2D eigenvalue weighted by molar-refractivity contribution is 5.88. The van der Waals surface area contributed by atoms with Crippen LogP contribution in [0.3, 0.4) is 0 Å². The first kappa shape index (κ1) is 12.2. The number of hydrogen-bond acceptors (Lipinski definition) is 3. The predicted octanol–water partition coefficient (Wildman–Crippen LogP) is 1.49. The van der Waals surface area contributed by atoms with Gasteiger partial charge in [-0.25, -0.2) is 4.79 Å². The highest BCUT2D eigenvalue weighted by Gasteiger charge is 2.05. The first-order valence-electron chi connectivity index (χ1n) is 4.62. The van der Waals surface area contributed by atoms with Crippen LogP contribution in [0, 0.1) is 0 Å². The van der Waals surface area contributed by atoms with Crippen molar-refractivity contribution in [3.63, 3.8) is 0 Å². The lowest BCUT2D eigenvalue weighted by Gasteiger charge is -2.06. The quantitative estimate of drug-likeness (QED) is 0.521. The summed E-state index contributed by atoms with van der Waals surface area (Å²) in [5.41, 5.74) is 0.732. The molecule has 0 atom stereocenters. The molecule has 0 aliphatic heterocycles. The maximum Gasteiger partial charge on any atom is 0.333 e. The van der Waals surface area contributed by atoms with Crippen molar-refractivity contribution in [2.75, 3.05) is 13.7 Å². The molecule has 0 amide bonds. The van der Waals surface area contributed by atoms with E-state index in [0.717, 1.165) is 12.1 Å². The summed E-state index contributed by atoms with van der Waals surface area (Å²) in [7, 11) is 1.40.